The SMILES string of the molecule is CC(=O)Oc1ccc(Cl)c(-c2cc(C)c(N=C(N)Nc3ccc(OCCN4CCCC4)cc3)c(N)c2)c1. The van der Waals surface area contributed by atoms with Gasteiger partial charge >= 0.3 is 5.97 Å². The number of nitrogens with one attached hydrogen (secondary N) is 1. The van der Waals surface area contributed by atoms with Gasteiger partial charge in [0.25, 0.3) is 0 Å². The van der Waals surface area contributed by atoms with E-state index in [1.54, 1.807) is 24.3 Å². The largest absolute Gasteiger partial charge is 0.492 e. The Morgan fingerprint density at radius 1 is 1.08 bits per heavy atom. The highest BCUT2D eigenvalue weighted by molar-refractivity contribution is 6.33. The summed E-state index contributed by atoms with van der Waals surface area (Å²) in [5.74, 6) is 1.02. The molecular weight excluding hydrogens is 490 g/mol. The fourth-order valence-electron chi connectivity index (χ4n) is 4.30. The van der Waals surface area contributed by atoms with Gasteiger partial charge in [0.1, 0.15) is 18.1 Å². The summed E-state index contributed by atoms with van der Waals surface area (Å²) in [6.07, 6.45) is 2.55. The van der Waals surface area contributed by atoms with Crippen LogP contribution in [0.5, 0.6) is 11.5 Å². The molecule has 0 amide bonds. The molecule has 0 spiro atoms. The molecule has 8 nitrogen and oxygen atoms in total. The molecule has 1 aliphatic heterocycles. The Morgan fingerprint density at radius 2 is 1.78 bits per heavy atom. The number of halogens is 1. The summed E-state index contributed by atoms with van der Waals surface area (Å²) in [6, 6.07) is 16.3. The van der Waals surface area contributed by atoms with Gasteiger partial charge in [-0.1, -0.05) is 11.6 Å². The Bertz CT molecular complexity index is 1260. The second-order valence-corrected chi connectivity index (χ2v) is 9.42. The van der Waals surface area contributed by atoms with Gasteiger partial charge in [0, 0.05) is 29.7 Å². The molecule has 1 aliphatic rings. The van der Waals surface area contributed by atoms with Crippen LogP contribution in [0.25, 0.3) is 11.1 Å². The number of anilines is 2. The average Bonchev–Trinajstić information content (AvgIpc) is 3.37. The zero-order chi connectivity index (χ0) is 26.4. The van der Waals surface area contributed by atoms with Crippen LogP contribution in [0.3, 0.4) is 0 Å². The van der Waals surface area contributed by atoms with Crippen molar-refractivity contribution in [3.8, 4) is 22.6 Å². The van der Waals surface area contributed by atoms with E-state index >= 15 is 0 Å². The number of carbonyl (C=O) groups excluding carboxylic acids is 1. The molecule has 194 valence electrons. The molecule has 1 saturated heterocycles. The molecule has 3 aromatic carbocycles. The van der Waals surface area contributed by atoms with Crippen molar-refractivity contribution in [2.75, 3.05) is 37.3 Å². The number of guanidine groups is 1. The lowest BCUT2D eigenvalue weighted by Crippen LogP contribution is -2.25. The minimum absolute atomic E-state index is 0.208. The lowest BCUT2D eigenvalue weighted by Gasteiger charge is -2.15. The molecule has 0 atom stereocenters. The number of aryl methyl sites for hydroxylation is 1. The smallest absolute Gasteiger partial charge is 0.308 e. The first-order valence-corrected chi connectivity index (χ1v) is 12.6. The number of hydrogen-bond acceptors (Lipinski definition) is 6. The van der Waals surface area contributed by atoms with E-state index in [1.807, 2.05) is 37.3 Å². The minimum Gasteiger partial charge on any atom is -0.492 e. The van der Waals surface area contributed by atoms with Gasteiger partial charge in [-0.3, -0.25) is 9.69 Å². The Kier molecular flexibility index (Phi) is 8.53. The van der Waals surface area contributed by atoms with Crippen LogP contribution in [0.1, 0.15) is 25.3 Å². The molecule has 37 heavy (non-hydrogen) atoms. The topological polar surface area (TPSA) is 115 Å². The van der Waals surface area contributed by atoms with Crippen LogP contribution in [0.2, 0.25) is 5.02 Å². The predicted octanol–water partition coefficient (Wildman–Crippen LogP) is 5.36. The van der Waals surface area contributed by atoms with E-state index < -0.39 is 5.97 Å². The fourth-order valence-corrected chi connectivity index (χ4v) is 4.53. The molecule has 0 aliphatic carbocycles. The molecule has 5 N–H and O–H groups in total. The predicted molar refractivity (Wildman–Crippen MR) is 150 cm³/mol. The maximum atomic E-state index is 11.3. The molecule has 1 fully saturated rings. The summed E-state index contributed by atoms with van der Waals surface area (Å²) < 4.78 is 11.0. The number of hydrogen-bond donors (Lipinski definition) is 3. The summed E-state index contributed by atoms with van der Waals surface area (Å²) in [4.78, 5) is 18.2. The van der Waals surface area contributed by atoms with Gasteiger partial charge in [-0.15, -0.1) is 0 Å². The number of nitrogen functional groups attached to an aromatic ring is 1. The number of carbonyl (C=O) groups is 1. The van der Waals surface area contributed by atoms with Crippen molar-refractivity contribution >= 4 is 40.6 Å². The summed E-state index contributed by atoms with van der Waals surface area (Å²) in [5.41, 5.74) is 16.6. The van der Waals surface area contributed by atoms with Crippen molar-refractivity contribution in [2.24, 2.45) is 10.7 Å². The second kappa shape index (κ2) is 12.0. The lowest BCUT2D eigenvalue weighted by atomic mass is 10.0. The quantitative estimate of drug-likeness (QED) is 0.120. The molecule has 0 bridgehead atoms. The second-order valence-electron chi connectivity index (χ2n) is 9.01. The van der Waals surface area contributed by atoms with Gasteiger partial charge in [0.05, 0.1) is 11.4 Å². The summed E-state index contributed by atoms with van der Waals surface area (Å²) in [6.45, 7) is 7.18. The number of aliphatic imine (C=N–C) groups is 1. The van der Waals surface area contributed by atoms with Crippen LogP contribution in [0.4, 0.5) is 17.1 Å². The fraction of sp³-hybridized carbons (Fsp3) is 0.286. The maximum Gasteiger partial charge on any atom is 0.308 e. The molecule has 0 unspecified atom stereocenters. The van der Waals surface area contributed by atoms with E-state index in [0.29, 0.717) is 34.3 Å². The molecule has 9 heteroatoms. The van der Waals surface area contributed by atoms with E-state index in [9.17, 15) is 4.79 Å². The van der Waals surface area contributed by atoms with Gasteiger partial charge < -0.3 is 26.3 Å². The van der Waals surface area contributed by atoms with Crippen LogP contribution >= 0.6 is 11.6 Å². The molecule has 1 heterocycles. The van der Waals surface area contributed by atoms with Crippen LogP contribution in [0, 0.1) is 6.92 Å². The third kappa shape index (κ3) is 7.15. The van der Waals surface area contributed by atoms with E-state index in [2.05, 4.69) is 15.2 Å². The van der Waals surface area contributed by atoms with Crippen molar-refractivity contribution < 1.29 is 14.3 Å². The molecule has 3 aromatic rings. The van der Waals surface area contributed by atoms with Gasteiger partial charge in [-0.2, -0.15) is 0 Å². The Morgan fingerprint density at radius 3 is 2.46 bits per heavy atom. The third-order valence-electron chi connectivity index (χ3n) is 6.07. The van der Waals surface area contributed by atoms with Crippen LogP contribution in [-0.4, -0.2) is 43.1 Å². The third-order valence-corrected chi connectivity index (χ3v) is 6.40. The number of likely N-dealkylation sites (tertiary alicyclic amines) is 1. The number of ether oxygens (including phenoxy) is 2. The Balaban J connectivity index is 1.43. The van der Waals surface area contributed by atoms with Crippen molar-refractivity contribution in [2.45, 2.75) is 26.7 Å². The van der Waals surface area contributed by atoms with Gasteiger partial charge in [0.15, 0.2) is 5.96 Å². The van der Waals surface area contributed by atoms with Crippen LogP contribution in [-0.2, 0) is 4.79 Å². The van der Waals surface area contributed by atoms with Gasteiger partial charge in [-0.25, -0.2) is 4.99 Å². The zero-order valence-electron chi connectivity index (χ0n) is 21.1. The first kappa shape index (κ1) is 26.3. The van der Waals surface area contributed by atoms with Crippen LogP contribution in [0.15, 0.2) is 59.6 Å². The molecule has 4 rings (SSSR count). The van der Waals surface area contributed by atoms with Crippen molar-refractivity contribution in [1.29, 1.82) is 0 Å². The highest BCUT2D eigenvalue weighted by Crippen LogP contribution is 2.37. The summed E-state index contributed by atoms with van der Waals surface area (Å²) in [5, 5.41) is 3.60. The molecule has 0 saturated carbocycles. The normalized spacial score (nSPS) is 14.0. The van der Waals surface area contributed by atoms with Gasteiger partial charge in [0.2, 0.25) is 0 Å². The number of benzene rings is 3. The van der Waals surface area contributed by atoms with E-state index in [0.717, 1.165) is 42.2 Å². The summed E-state index contributed by atoms with van der Waals surface area (Å²) in [7, 11) is 0. The number of nitrogens with two attached hydrogens (primary N) is 2. The van der Waals surface area contributed by atoms with Gasteiger partial charge in [-0.05, 0) is 98.6 Å². The monoisotopic (exact) mass is 521 g/mol. The molecule has 0 aromatic heterocycles. The highest BCUT2D eigenvalue weighted by Gasteiger charge is 2.13. The van der Waals surface area contributed by atoms with E-state index in [1.165, 1.54) is 19.8 Å². The van der Waals surface area contributed by atoms with E-state index in [4.69, 9.17) is 32.5 Å². The lowest BCUT2D eigenvalue weighted by molar-refractivity contribution is -0.131. The standard InChI is InChI=1S/C28H32ClN5O3/c1-18-15-20(24-17-23(37-19(2)35)9-10-25(24)29)16-26(30)27(18)33-28(31)32-21-5-7-22(8-6-21)36-14-13-34-11-3-4-12-34/h5-10,15-17H,3-4,11-14,30H2,1-2H3,(H3,31,32,33). The number of esters is 1. The Hall–Kier alpha value is -3.75. The van der Waals surface area contributed by atoms with Crippen LogP contribution < -0.4 is 26.3 Å². The van der Waals surface area contributed by atoms with Crippen molar-refractivity contribution in [1.82, 2.24) is 4.90 Å². The molecular formula is C28H32ClN5O3. The highest BCUT2D eigenvalue weighted by atomic mass is 35.5. The maximum absolute atomic E-state index is 11.3. The first-order chi connectivity index (χ1) is 17.8. The van der Waals surface area contributed by atoms with Crippen molar-refractivity contribution in [3.05, 3.63) is 65.2 Å². The zero-order valence-corrected chi connectivity index (χ0v) is 21.8. The Labute approximate surface area is 222 Å². The average molecular weight is 522 g/mol. The van der Waals surface area contributed by atoms with E-state index in [-0.39, 0.29) is 5.96 Å². The number of nitrogens with zero attached hydrogens (tertiary/aromatic N) is 2. The van der Waals surface area contributed by atoms with Crippen molar-refractivity contribution in [3.63, 3.8) is 0 Å². The number of rotatable bonds is 8. The summed E-state index contributed by atoms with van der Waals surface area (Å²) >= 11 is 6.41. The first-order valence-electron chi connectivity index (χ1n) is 12.2. The molecule has 0 radical (unpaired) electrons. The minimum atomic E-state index is -0.406.